The van der Waals surface area contributed by atoms with Crippen LogP contribution in [0.4, 0.5) is 5.69 Å². The molecule has 130 valence electrons. The molecule has 0 unspecified atom stereocenters. The summed E-state index contributed by atoms with van der Waals surface area (Å²) in [5.41, 5.74) is 4.66. The molecule has 0 radical (unpaired) electrons. The minimum absolute atomic E-state index is 0.0935. The van der Waals surface area contributed by atoms with E-state index in [2.05, 4.69) is 0 Å². The van der Waals surface area contributed by atoms with Gasteiger partial charge in [0, 0.05) is 32.2 Å². The Hall–Kier alpha value is -2.04. The number of nitro benzene ring substituents is 1. The Kier molecular flexibility index (Phi) is 4.06. The largest absolute Gasteiger partial charge is 0.338 e. The number of benzene rings is 1. The molecule has 2 fully saturated rings. The highest BCUT2D eigenvalue weighted by atomic mass is 32.2. The molecule has 0 spiro atoms. The number of para-hydroxylation sites is 1. The van der Waals surface area contributed by atoms with Crippen LogP contribution in [0.3, 0.4) is 0 Å². The Bertz CT molecular complexity index is 782. The first-order valence-corrected chi connectivity index (χ1v) is 9.01. The van der Waals surface area contributed by atoms with Gasteiger partial charge >= 0.3 is 0 Å². The van der Waals surface area contributed by atoms with Crippen LogP contribution in [-0.2, 0) is 14.8 Å². The Balaban J connectivity index is 1.76. The number of nitrogens with two attached hydrogens (primary N) is 1. The molecule has 1 aliphatic carbocycles. The van der Waals surface area contributed by atoms with Gasteiger partial charge in [-0.1, -0.05) is 12.1 Å². The minimum atomic E-state index is -3.98. The molecule has 2 aliphatic rings. The summed E-state index contributed by atoms with van der Waals surface area (Å²) in [6.07, 6.45) is 1.31. The summed E-state index contributed by atoms with van der Waals surface area (Å²) in [6.45, 7) is 0.654. The molecule has 1 saturated carbocycles. The van der Waals surface area contributed by atoms with Crippen molar-refractivity contribution >= 4 is 21.6 Å². The molecule has 0 atom stereocenters. The van der Waals surface area contributed by atoms with Gasteiger partial charge in [-0.3, -0.25) is 14.9 Å². The molecule has 2 N–H and O–H groups in total. The third kappa shape index (κ3) is 2.87. The van der Waals surface area contributed by atoms with Crippen molar-refractivity contribution < 1.29 is 18.1 Å². The third-order valence-corrected chi connectivity index (χ3v) is 6.37. The zero-order chi connectivity index (χ0) is 17.5. The van der Waals surface area contributed by atoms with Crippen LogP contribution in [-0.4, -0.2) is 60.2 Å². The maximum atomic E-state index is 12.7. The fourth-order valence-electron chi connectivity index (χ4n) is 2.76. The van der Waals surface area contributed by atoms with Gasteiger partial charge in [-0.2, -0.15) is 4.31 Å². The second kappa shape index (κ2) is 5.80. The van der Waals surface area contributed by atoms with Crippen LogP contribution >= 0.6 is 0 Å². The lowest BCUT2D eigenvalue weighted by molar-refractivity contribution is -0.387. The summed E-state index contributed by atoms with van der Waals surface area (Å²) in [5.74, 6) is -0.148. The highest BCUT2D eigenvalue weighted by Gasteiger charge is 2.49. The zero-order valence-corrected chi connectivity index (χ0v) is 13.7. The highest BCUT2D eigenvalue weighted by Crippen LogP contribution is 2.34. The molecule has 0 aromatic heterocycles. The molecule has 1 aliphatic heterocycles. The summed E-state index contributed by atoms with van der Waals surface area (Å²) in [5, 5.41) is 11.1. The van der Waals surface area contributed by atoms with E-state index in [0.717, 1.165) is 6.07 Å². The quantitative estimate of drug-likeness (QED) is 0.595. The van der Waals surface area contributed by atoms with Crippen molar-refractivity contribution in [3.8, 4) is 0 Å². The van der Waals surface area contributed by atoms with Crippen molar-refractivity contribution in [2.45, 2.75) is 23.3 Å². The molecule has 3 rings (SSSR count). The number of amides is 1. The Labute approximate surface area is 139 Å². The van der Waals surface area contributed by atoms with Crippen molar-refractivity contribution in [3.63, 3.8) is 0 Å². The SMILES string of the molecule is NC1(C(=O)N2CCN(S(=O)(=O)c3ccccc3[N+](=O)[O-])CC2)CC1. The van der Waals surface area contributed by atoms with Crippen molar-refractivity contribution in [1.82, 2.24) is 9.21 Å². The summed E-state index contributed by atoms with van der Waals surface area (Å²) in [7, 11) is -3.98. The number of sulfonamides is 1. The van der Waals surface area contributed by atoms with Crippen LogP contribution in [0.25, 0.3) is 0 Å². The number of hydrogen-bond donors (Lipinski definition) is 1. The zero-order valence-electron chi connectivity index (χ0n) is 12.9. The number of nitro groups is 1. The maximum absolute atomic E-state index is 12.7. The summed E-state index contributed by atoms with van der Waals surface area (Å²) < 4.78 is 26.6. The predicted octanol–water partition coefficient (Wildman–Crippen LogP) is -0.0810. The lowest BCUT2D eigenvalue weighted by Crippen LogP contribution is -2.55. The monoisotopic (exact) mass is 354 g/mol. The van der Waals surface area contributed by atoms with Gasteiger partial charge in [0.15, 0.2) is 4.90 Å². The smallest absolute Gasteiger partial charge is 0.289 e. The number of hydrogen-bond acceptors (Lipinski definition) is 6. The number of carbonyl (C=O) groups is 1. The van der Waals surface area contributed by atoms with E-state index in [4.69, 9.17) is 5.73 Å². The third-order valence-electron chi connectivity index (χ3n) is 4.42. The van der Waals surface area contributed by atoms with Gasteiger partial charge < -0.3 is 10.6 Å². The molecule has 1 saturated heterocycles. The Morgan fingerprint density at radius 2 is 1.75 bits per heavy atom. The number of carbonyl (C=O) groups excluding carboxylic acids is 1. The normalized spacial score (nSPS) is 20.6. The molecule has 0 bridgehead atoms. The average Bonchev–Trinajstić information content (AvgIpc) is 3.33. The number of rotatable bonds is 4. The first kappa shape index (κ1) is 16.8. The van der Waals surface area contributed by atoms with E-state index < -0.39 is 26.2 Å². The minimum Gasteiger partial charge on any atom is -0.338 e. The lowest BCUT2D eigenvalue weighted by atomic mass is 10.2. The Morgan fingerprint density at radius 3 is 2.29 bits per heavy atom. The van der Waals surface area contributed by atoms with E-state index in [-0.39, 0.29) is 37.0 Å². The molecule has 10 heteroatoms. The van der Waals surface area contributed by atoms with Crippen molar-refractivity contribution in [1.29, 1.82) is 0 Å². The molecule has 1 amide bonds. The topological polar surface area (TPSA) is 127 Å². The van der Waals surface area contributed by atoms with E-state index in [1.54, 1.807) is 4.90 Å². The van der Waals surface area contributed by atoms with Gasteiger partial charge in [0.25, 0.3) is 5.69 Å². The van der Waals surface area contributed by atoms with Crippen LogP contribution in [0.2, 0.25) is 0 Å². The molecule has 1 heterocycles. The number of piperazine rings is 1. The fourth-order valence-corrected chi connectivity index (χ4v) is 4.34. The fraction of sp³-hybridized carbons (Fsp3) is 0.500. The van der Waals surface area contributed by atoms with Crippen molar-refractivity contribution in [3.05, 3.63) is 34.4 Å². The van der Waals surface area contributed by atoms with Gasteiger partial charge in [-0.25, -0.2) is 8.42 Å². The van der Waals surface area contributed by atoms with Crippen LogP contribution in [0.1, 0.15) is 12.8 Å². The Morgan fingerprint density at radius 1 is 1.17 bits per heavy atom. The molecular weight excluding hydrogens is 336 g/mol. The number of nitrogens with zero attached hydrogens (tertiary/aromatic N) is 3. The average molecular weight is 354 g/mol. The van der Waals surface area contributed by atoms with Crippen LogP contribution in [0, 0.1) is 10.1 Å². The van der Waals surface area contributed by atoms with Gasteiger partial charge in [0.05, 0.1) is 10.5 Å². The van der Waals surface area contributed by atoms with E-state index in [1.807, 2.05) is 0 Å². The van der Waals surface area contributed by atoms with E-state index in [9.17, 15) is 23.3 Å². The maximum Gasteiger partial charge on any atom is 0.289 e. The van der Waals surface area contributed by atoms with E-state index >= 15 is 0 Å². The summed E-state index contributed by atoms with van der Waals surface area (Å²) in [4.78, 5) is 23.8. The molecule has 24 heavy (non-hydrogen) atoms. The first-order valence-electron chi connectivity index (χ1n) is 7.57. The molecule has 1 aromatic carbocycles. The second-order valence-electron chi connectivity index (χ2n) is 6.08. The van der Waals surface area contributed by atoms with Crippen molar-refractivity contribution in [2.24, 2.45) is 5.73 Å². The van der Waals surface area contributed by atoms with Gasteiger partial charge in [0.1, 0.15) is 0 Å². The first-order chi connectivity index (χ1) is 11.3. The van der Waals surface area contributed by atoms with E-state index in [0.29, 0.717) is 12.8 Å². The lowest BCUT2D eigenvalue weighted by Gasteiger charge is -2.35. The molecule has 9 nitrogen and oxygen atoms in total. The van der Waals surface area contributed by atoms with Crippen LogP contribution < -0.4 is 5.73 Å². The molecular formula is C14H18N4O5S. The molecule has 1 aromatic rings. The van der Waals surface area contributed by atoms with Gasteiger partial charge in [-0.15, -0.1) is 0 Å². The second-order valence-corrected chi connectivity index (χ2v) is 7.98. The van der Waals surface area contributed by atoms with Crippen molar-refractivity contribution in [2.75, 3.05) is 26.2 Å². The predicted molar refractivity (Wildman–Crippen MR) is 84.6 cm³/mol. The summed E-state index contributed by atoms with van der Waals surface area (Å²) in [6, 6.07) is 5.26. The van der Waals surface area contributed by atoms with E-state index in [1.165, 1.54) is 22.5 Å². The van der Waals surface area contributed by atoms with Gasteiger partial charge in [-0.05, 0) is 18.9 Å². The standard InChI is InChI=1S/C14H18N4O5S/c15-14(5-6-14)13(19)16-7-9-17(10-8-16)24(22,23)12-4-2-1-3-11(12)18(20)21/h1-4H,5-10,15H2. The summed E-state index contributed by atoms with van der Waals surface area (Å²) >= 11 is 0. The van der Waals surface area contributed by atoms with Crippen LogP contribution in [0.5, 0.6) is 0 Å². The highest BCUT2D eigenvalue weighted by molar-refractivity contribution is 7.89. The van der Waals surface area contributed by atoms with Gasteiger partial charge in [0.2, 0.25) is 15.9 Å². The van der Waals surface area contributed by atoms with Crippen LogP contribution in [0.15, 0.2) is 29.2 Å².